The SMILES string of the molecule is COCCn1cncc1CN1CC[C@H](c2ccccc2Cl)C1. The first-order chi connectivity index (χ1) is 10.8. The predicted octanol–water partition coefficient (Wildman–Crippen LogP) is 3.17. The van der Waals surface area contributed by atoms with Gasteiger partial charge in [0.15, 0.2) is 0 Å². The molecule has 0 radical (unpaired) electrons. The zero-order valence-corrected chi connectivity index (χ0v) is 13.7. The standard InChI is InChI=1S/C17H22ClN3O/c1-22-9-8-21-13-19-10-15(21)12-20-7-6-14(11-20)16-4-2-3-5-17(16)18/h2-5,10,13-14H,6-9,11-12H2,1H3/t14-/m0/s1. The molecule has 1 atom stereocenters. The fraction of sp³-hybridized carbons (Fsp3) is 0.471. The van der Waals surface area contributed by atoms with Gasteiger partial charge < -0.3 is 9.30 Å². The first-order valence-corrected chi connectivity index (χ1v) is 8.10. The summed E-state index contributed by atoms with van der Waals surface area (Å²) in [6, 6.07) is 8.20. The molecule has 0 bridgehead atoms. The number of rotatable bonds is 6. The van der Waals surface area contributed by atoms with Crippen LogP contribution < -0.4 is 0 Å². The molecule has 1 aliphatic heterocycles. The number of imidazole rings is 1. The molecule has 1 aliphatic rings. The minimum Gasteiger partial charge on any atom is -0.383 e. The summed E-state index contributed by atoms with van der Waals surface area (Å²) in [5.74, 6) is 0.532. The van der Waals surface area contributed by atoms with Gasteiger partial charge in [-0.2, -0.15) is 0 Å². The largest absolute Gasteiger partial charge is 0.383 e. The molecule has 0 amide bonds. The van der Waals surface area contributed by atoms with Crippen molar-refractivity contribution in [3.05, 3.63) is 53.1 Å². The quantitative estimate of drug-likeness (QED) is 0.819. The van der Waals surface area contributed by atoms with Crippen LogP contribution in [0.15, 0.2) is 36.8 Å². The lowest BCUT2D eigenvalue weighted by Gasteiger charge is -2.17. The van der Waals surface area contributed by atoms with Crippen LogP contribution in [0.1, 0.15) is 23.6 Å². The third-order valence-corrected chi connectivity index (χ3v) is 4.68. The molecule has 2 heterocycles. The number of likely N-dealkylation sites (tertiary alicyclic amines) is 1. The van der Waals surface area contributed by atoms with Gasteiger partial charge in [-0.05, 0) is 30.5 Å². The van der Waals surface area contributed by atoms with E-state index in [0.717, 1.165) is 37.6 Å². The summed E-state index contributed by atoms with van der Waals surface area (Å²) in [7, 11) is 1.73. The van der Waals surface area contributed by atoms with Crippen molar-refractivity contribution in [1.82, 2.24) is 14.5 Å². The van der Waals surface area contributed by atoms with Crippen LogP contribution in [0.2, 0.25) is 5.02 Å². The summed E-state index contributed by atoms with van der Waals surface area (Å²) in [6.07, 6.45) is 5.00. The monoisotopic (exact) mass is 319 g/mol. The maximum atomic E-state index is 6.33. The van der Waals surface area contributed by atoms with E-state index < -0.39 is 0 Å². The van der Waals surface area contributed by atoms with E-state index in [9.17, 15) is 0 Å². The van der Waals surface area contributed by atoms with Crippen LogP contribution >= 0.6 is 11.6 Å². The molecule has 0 aliphatic carbocycles. The Morgan fingerprint density at radius 2 is 2.23 bits per heavy atom. The highest BCUT2D eigenvalue weighted by Gasteiger charge is 2.25. The molecule has 4 nitrogen and oxygen atoms in total. The fourth-order valence-electron chi connectivity index (χ4n) is 3.14. The smallest absolute Gasteiger partial charge is 0.0949 e. The van der Waals surface area contributed by atoms with Gasteiger partial charge >= 0.3 is 0 Å². The Morgan fingerprint density at radius 1 is 1.36 bits per heavy atom. The number of benzene rings is 1. The number of hydrogen-bond acceptors (Lipinski definition) is 3. The molecule has 2 aromatic rings. The summed E-state index contributed by atoms with van der Waals surface area (Å²) in [4.78, 5) is 6.75. The lowest BCUT2D eigenvalue weighted by Crippen LogP contribution is -2.22. The molecule has 1 aromatic carbocycles. The van der Waals surface area contributed by atoms with Crippen LogP contribution in [0.3, 0.4) is 0 Å². The van der Waals surface area contributed by atoms with Crippen LogP contribution in [0.4, 0.5) is 0 Å². The Labute approximate surface area is 136 Å². The third-order valence-electron chi connectivity index (χ3n) is 4.34. The van der Waals surface area contributed by atoms with E-state index in [1.807, 2.05) is 24.7 Å². The lowest BCUT2D eigenvalue weighted by atomic mass is 9.98. The number of hydrogen-bond donors (Lipinski definition) is 0. The van der Waals surface area contributed by atoms with Crippen molar-refractivity contribution in [2.45, 2.75) is 25.4 Å². The van der Waals surface area contributed by atoms with Crippen LogP contribution in [0.5, 0.6) is 0 Å². The first kappa shape index (κ1) is 15.5. The summed E-state index contributed by atoms with van der Waals surface area (Å²) >= 11 is 6.33. The van der Waals surface area contributed by atoms with Crippen molar-refractivity contribution >= 4 is 11.6 Å². The molecule has 118 valence electrons. The summed E-state index contributed by atoms with van der Waals surface area (Å²) in [5, 5.41) is 0.888. The summed E-state index contributed by atoms with van der Waals surface area (Å²) in [6.45, 7) is 4.66. The molecular formula is C17H22ClN3O. The van der Waals surface area contributed by atoms with Crippen molar-refractivity contribution < 1.29 is 4.74 Å². The van der Waals surface area contributed by atoms with E-state index in [0.29, 0.717) is 12.5 Å². The highest BCUT2D eigenvalue weighted by atomic mass is 35.5. The van der Waals surface area contributed by atoms with Gasteiger partial charge in [0.1, 0.15) is 0 Å². The number of methoxy groups -OCH3 is 1. The van der Waals surface area contributed by atoms with Gasteiger partial charge in [0, 0.05) is 38.0 Å². The highest BCUT2D eigenvalue weighted by molar-refractivity contribution is 6.31. The summed E-state index contributed by atoms with van der Waals surface area (Å²) in [5.41, 5.74) is 2.52. The number of halogens is 1. The normalized spacial score (nSPS) is 18.9. The molecule has 22 heavy (non-hydrogen) atoms. The van der Waals surface area contributed by atoms with Gasteiger partial charge in [-0.25, -0.2) is 4.98 Å². The van der Waals surface area contributed by atoms with E-state index >= 15 is 0 Å². The molecule has 0 unspecified atom stereocenters. The van der Waals surface area contributed by atoms with E-state index in [1.165, 1.54) is 11.3 Å². The van der Waals surface area contributed by atoms with Gasteiger partial charge in [-0.3, -0.25) is 4.90 Å². The van der Waals surface area contributed by atoms with Crippen LogP contribution in [0.25, 0.3) is 0 Å². The Kier molecular flexibility index (Phi) is 5.13. The van der Waals surface area contributed by atoms with Crippen molar-refractivity contribution in [1.29, 1.82) is 0 Å². The molecule has 0 N–H and O–H groups in total. The molecule has 1 fully saturated rings. The van der Waals surface area contributed by atoms with Crippen molar-refractivity contribution in [2.24, 2.45) is 0 Å². The topological polar surface area (TPSA) is 30.3 Å². The lowest BCUT2D eigenvalue weighted by molar-refractivity contribution is 0.185. The van der Waals surface area contributed by atoms with Crippen LogP contribution in [0, 0.1) is 0 Å². The van der Waals surface area contributed by atoms with Crippen molar-refractivity contribution in [2.75, 3.05) is 26.8 Å². The summed E-state index contributed by atoms with van der Waals surface area (Å²) < 4.78 is 7.32. The van der Waals surface area contributed by atoms with Gasteiger partial charge in [0.05, 0.1) is 18.6 Å². The molecule has 1 saturated heterocycles. The van der Waals surface area contributed by atoms with E-state index in [4.69, 9.17) is 16.3 Å². The second kappa shape index (κ2) is 7.27. The Morgan fingerprint density at radius 3 is 3.05 bits per heavy atom. The second-order valence-electron chi connectivity index (χ2n) is 5.81. The van der Waals surface area contributed by atoms with Gasteiger partial charge in [-0.15, -0.1) is 0 Å². The molecular weight excluding hydrogens is 298 g/mol. The Bertz CT molecular complexity index is 613. The van der Waals surface area contributed by atoms with Gasteiger partial charge in [0.2, 0.25) is 0 Å². The zero-order chi connectivity index (χ0) is 15.4. The fourth-order valence-corrected chi connectivity index (χ4v) is 3.43. The van der Waals surface area contributed by atoms with Crippen molar-refractivity contribution in [3.63, 3.8) is 0 Å². The second-order valence-corrected chi connectivity index (χ2v) is 6.22. The predicted molar refractivity (Wildman–Crippen MR) is 88.2 cm³/mol. The van der Waals surface area contributed by atoms with E-state index in [-0.39, 0.29) is 0 Å². The van der Waals surface area contributed by atoms with Crippen molar-refractivity contribution in [3.8, 4) is 0 Å². The van der Waals surface area contributed by atoms with Crippen LogP contribution in [-0.2, 0) is 17.8 Å². The number of aromatic nitrogens is 2. The minimum atomic E-state index is 0.532. The van der Waals surface area contributed by atoms with Gasteiger partial charge in [-0.1, -0.05) is 29.8 Å². The number of ether oxygens (including phenoxy) is 1. The first-order valence-electron chi connectivity index (χ1n) is 7.72. The third kappa shape index (κ3) is 3.51. The van der Waals surface area contributed by atoms with E-state index in [2.05, 4.69) is 26.6 Å². The molecule has 0 saturated carbocycles. The van der Waals surface area contributed by atoms with Crippen LogP contribution in [-0.4, -0.2) is 41.3 Å². The van der Waals surface area contributed by atoms with Gasteiger partial charge in [0.25, 0.3) is 0 Å². The average molecular weight is 320 g/mol. The maximum absolute atomic E-state index is 6.33. The van der Waals surface area contributed by atoms with E-state index in [1.54, 1.807) is 7.11 Å². The number of nitrogens with zero attached hydrogens (tertiary/aromatic N) is 3. The Hall–Kier alpha value is -1.36. The molecule has 5 heteroatoms. The molecule has 1 aromatic heterocycles. The zero-order valence-electron chi connectivity index (χ0n) is 12.9. The maximum Gasteiger partial charge on any atom is 0.0949 e. The average Bonchev–Trinajstić information content (AvgIpc) is 3.16. The Balaban J connectivity index is 1.62. The minimum absolute atomic E-state index is 0.532. The highest BCUT2D eigenvalue weighted by Crippen LogP contribution is 2.32. The molecule has 0 spiro atoms. The molecule has 3 rings (SSSR count).